The zero-order valence-electron chi connectivity index (χ0n) is 12.5. The van der Waals surface area contributed by atoms with E-state index in [2.05, 4.69) is 31.4 Å². The van der Waals surface area contributed by atoms with Gasteiger partial charge in [0.2, 0.25) is 5.91 Å². The zero-order chi connectivity index (χ0) is 15.0. The number of carbonyl (C=O) groups is 1. The van der Waals surface area contributed by atoms with Gasteiger partial charge in [-0.25, -0.2) is 0 Å². The van der Waals surface area contributed by atoms with E-state index in [1.165, 1.54) is 0 Å². The molecule has 0 aliphatic heterocycles. The van der Waals surface area contributed by atoms with E-state index in [4.69, 9.17) is 10.5 Å². The van der Waals surface area contributed by atoms with Crippen LogP contribution in [-0.2, 0) is 4.79 Å². The van der Waals surface area contributed by atoms with Crippen LogP contribution in [0.1, 0.15) is 27.2 Å². The van der Waals surface area contributed by atoms with Crippen LogP contribution >= 0.6 is 0 Å². The third kappa shape index (κ3) is 7.63. The molecule has 0 unspecified atom stereocenters. The number of hydrogen-bond acceptors (Lipinski definition) is 4. The first-order valence-corrected chi connectivity index (χ1v) is 6.87. The highest BCUT2D eigenvalue weighted by molar-refractivity contribution is 5.73. The Kier molecular flexibility index (Phi) is 6.31. The van der Waals surface area contributed by atoms with Crippen molar-refractivity contribution in [2.75, 3.05) is 25.0 Å². The fourth-order valence-corrected chi connectivity index (χ4v) is 1.58. The maximum absolute atomic E-state index is 10.6. The molecule has 0 spiro atoms. The highest BCUT2D eigenvalue weighted by Crippen LogP contribution is 2.15. The van der Waals surface area contributed by atoms with Crippen LogP contribution in [-0.4, -0.2) is 31.1 Å². The van der Waals surface area contributed by atoms with Crippen LogP contribution in [0.15, 0.2) is 24.3 Å². The predicted molar refractivity (Wildman–Crippen MR) is 82.0 cm³/mol. The largest absolute Gasteiger partial charge is 0.493 e. The molecule has 0 fully saturated rings. The van der Waals surface area contributed by atoms with E-state index in [0.717, 1.165) is 24.5 Å². The van der Waals surface area contributed by atoms with Crippen molar-refractivity contribution in [1.29, 1.82) is 0 Å². The van der Waals surface area contributed by atoms with Gasteiger partial charge in [0.15, 0.2) is 0 Å². The van der Waals surface area contributed by atoms with Gasteiger partial charge in [-0.2, -0.15) is 0 Å². The number of primary amides is 1. The van der Waals surface area contributed by atoms with E-state index < -0.39 is 0 Å². The minimum Gasteiger partial charge on any atom is -0.493 e. The number of benzene rings is 1. The van der Waals surface area contributed by atoms with Gasteiger partial charge in [-0.3, -0.25) is 4.79 Å². The molecule has 4 N–H and O–H groups in total. The standard InChI is InChI=1S/C15H25N3O2/c1-15(2,3)18-10-9-17-12-4-6-13(7-5-12)20-11-8-14(16)19/h4-7,17-18H,8-11H2,1-3H3,(H2,16,19). The van der Waals surface area contributed by atoms with Crippen molar-refractivity contribution in [2.45, 2.75) is 32.7 Å². The van der Waals surface area contributed by atoms with Crippen LogP contribution in [0.25, 0.3) is 0 Å². The van der Waals surface area contributed by atoms with Crippen LogP contribution in [0.4, 0.5) is 5.69 Å². The molecule has 0 atom stereocenters. The van der Waals surface area contributed by atoms with E-state index in [1.807, 2.05) is 24.3 Å². The molecule has 0 aromatic heterocycles. The number of rotatable bonds is 8. The highest BCUT2D eigenvalue weighted by atomic mass is 16.5. The molecular formula is C15H25N3O2. The van der Waals surface area contributed by atoms with E-state index in [0.29, 0.717) is 6.61 Å². The molecule has 5 nitrogen and oxygen atoms in total. The van der Waals surface area contributed by atoms with Gasteiger partial charge in [0.25, 0.3) is 0 Å². The van der Waals surface area contributed by atoms with Gasteiger partial charge >= 0.3 is 0 Å². The van der Waals surface area contributed by atoms with Gasteiger partial charge < -0.3 is 21.1 Å². The Morgan fingerprint density at radius 3 is 2.40 bits per heavy atom. The molecule has 1 aromatic rings. The topological polar surface area (TPSA) is 76.4 Å². The van der Waals surface area contributed by atoms with Gasteiger partial charge in [-0.1, -0.05) is 0 Å². The Bertz CT molecular complexity index is 410. The predicted octanol–water partition coefficient (Wildman–Crippen LogP) is 1.74. The summed E-state index contributed by atoms with van der Waals surface area (Å²) in [6.45, 7) is 8.51. The molecule has 0 saturated carbocycles. The number of carbonyl (C=O) groups excluding carboxylic acids is 1. The van der Waals surface area contributed by atoms with Crippen molar-refractivity contribution >= 4 is 11.6 Å². The summed E-state index contributed by atoms with van der Waals surface area (Å²) in [4.78, 5) is 10.6. The highest BCUT2D eigenvalue weighted by Gasteiger charge is 2.06. The van der Waals surface area contributed by atoms with Crippen LogP contribution in [0, 0.1) is 0 Å². The number of amides is 1. The second-order valence-corrected chi connectivity index (χ2v) is 5.69. The Morgan fingerprint density at radius 1 is 1.20 bits per heavy atom. The van der Waals surface area contributed by atoms with Crippen LogP contribution in [0.2, 0.25) is 0 Å². The quantitative estimate of drug-likeness (QED) is 0.634. The molecule has 5 heteroatoms. The second kappa shape index (κ2) is 7.75. The molecule has 0 aliphatic rings. The lowest BCUT2D eigenvalue weighted by molar-refractivity contribution is -0.118. The number of nitrogens with one attached hydrogen (secondary N) is 2. The van der Waals surface area contributed by atoms with Crippen molar-refractivity contribution in [1.82, 2.24) is 5.32 Å². The summed E-state index contributed by atoms with van der Waals surface area (Å²) in [5, 5.41) is 6.74. The number of nitrogens with two attached hydrogens (primary N) is 1. The zero-order valence-corrected chi connectivity index (χ0v) is 12.5. The maximum atomic E-state index is 10.6. The molecule has 0 radical (unpaired) electrons. The van der Waals surface area contributed by atoms with E-state index in [9.17, 15) is 4.79 Å². The summed E-state index contributed by atoms with van der Waals surface area (Å²) >= 11 is 0. The summed E-state index contributed by atoms with van der Waals surface area (Å²) in [7, 11) is 0. The van der Waals surface area contributed by atoms with Crippen LogP contribution in [0.5, 0.6) is 5.75 Å². The van der Waals surface area contributed by atoms with Gasteiger partial charge in [0.1, 0.15) is 5.75 Å². The molecule has 0 bridgehead atoms. The third-order valence-electron chi connectivity index (χ3n) is 2.58. The van der Waals surface area contributed by atoms with Crippen LogP contribution in [0.3, 0.4) is 0 Å². The van der Waals surface area contributed by atoms with E-state index in [1.54, 1.807) is 0 Å². The van der Waals surface area contributed by atoms with Gasteiger partial charge in [0, 0.05) is 24.3 Å². The van der Waals surface area contributed by atoms with Crippen molar-refractivity contribution < 1.29 is 9.53 Å². The first kappa shape index (κ1) is 16.3. The average Bonchev–Trinajstić information content (AvgIpc) is 2.35. The Hall–Kier alpha value is -1.75. The van der Waals surface area contributed by atoms with Crippen molar-refractivity contribution in [3.8, 4) is 5.75 Å². The Labute approximate surface area is 120 Å². The SMILES string of the molecule is CC(C)(C)NCCNc1ccc(OCCC(N)=O)cc1. The van der Waals surface area contributed by atoms with Gasteiger partial charge in [-0.15, -0.1) is 0 Å². The van der Waals surface area contributed by atoms with Gasteiger partial charge in [0.05, 0.1) is 13.0 Å². The molecule has 0 saturated heterocycles. The lowest BCUT2D eigenvalue weighted by atomic mass is 10.1. The molecule has 112 valence electrons. The fraction of sp³-hybridized carbons (Fsp3) is 0.533. The molecule has 20 heavy (non-hydrogen) atoms. The molecule has 1 amide bonds. The summed E-state index contributed by atoms with van der Waals surface area (Å²) in [6.07, 6.45) is 0.235. The third-order valence-corrected chi connectivity index (χ3v) is 2.58. The number of anilines is 1. The smallest absolute Gasteiger partial charge is 0.220 e. The lowest BCUT2D eigenvalue weighted by Gasteiger charge is -2.20. The molecular weight excluding hydrogens is 254 g/mol. The minimum atomic E-state index is -0.352. The number of hydrogen-bond donors (Lipinski definition) is 3. The second-order valence-electron chi connectivity index (χ2n) is 5.69. The summed E-state index contributed by atoms with van der Waals surface area (Å²) < 4.78 is 5.40. The van der Waals surface area contributed by atoms with Crippen molar-refractivity contribution in [3.05, 3.63) is 24.3 Å². The molecule has 1 aromatic carbocycles. The minimum absolute atomic E-state index is 0.139. The summed E-state index contributed by atoms with van der Waals surface area (Å²) in [5.74, 6) is 0.388. The lowest BCUT2D eigenvalue weighted by Crippen LogP contribution is -2.38. The molecule has 1 rings (SSSR count). The first-order valence-electron chi connectivity index (χ1n) is 6.87. The van der Waals surface area contributed by atoms with E-state index in [-0.39, 0.29) is 17.9 Å². The van der Waals surface area contributed by atoms with Crippen molar-refractivity contribution in [2.24, 2.45) is 5.73 Å². The van der Waals surface area contributed by atoms with Crippen LogP contribution < -0.4 is 21.1 Å². The Balaban J connectivity index is 2.26. The average molecular weight is 279 g/mol. The molecule has 0 aliphatic carbocycles. The Morgan fingerprint density at radius 2 is 1.85 bits per heavy atom. The molecule has 0 heterocycles. The maximum Gasteiger partial charge on any atom is 0.220 e. The summed E-state index contributed by atoms with van der Waals surface area (Å²) in [6, 6.07) is 7.66. The number of ether oxygens (including phenoxy) is 1. The summed E-state index contributed by atoms with van der Waals surface area (Å²) in [5.41, 5.74) is 6.23. The van der Waals surface area contributed by atoms with Gasteiger partial charge in [-0.05, 0) is 45.0 Å². The normalized spacial score (nSPS) is 11.2. The van der Waals surface area contributed by atoms with E-state index >= 15 is 0 Å². The fourth-order valence-electron chi connectivity index (χ4n) is 1.58. The van der Waals surface area contributed by atoms with Crippen molar-refractivity contribution in [3.63, 3.8) is 0 Å². The monoisotopic (exact) mass is 279 g/mol. The first-order chi connectivity index (χ1) is 9.37.